The number of hydrogen-bond donors (Lipinski definition) is 0. The molecular weight excluding hydrogens is 186 g/mol. The Bertz CT molecular complexity index is 384. The monoisotopic (exact) mass is 198 g/mol. The lowest BCUT2D eigenvalue weighted by molar-refractivity contribution is 0.598. The van der Waals surface area contributed by atoms with Crippen molar-refractivity contribution in [2.75, 3.05) is 6.26 Å². The molecule has 0 saturated heterocycles. The quantitative estimate of drug-likeness (QED) is 0.738. The van der Waals surface area contributed by atoms with Crippen LogP contribution >= 0.6 is 0 Å². The maximum absolute atomic E-state index is 11.1. The average molecular weight is 198 g/mol. The third-order valence-electron chi connectivity index (χ3n) is 1.58. The molecule has 0 atom stereocenters. The fraction of sp³-hybridized carbons (Fsp3) is 0.333. The van der Waals surface area contributed by atoms with Crippen LogP contribution in [0.1, 0.15) is 18.9 Å². The van der Waals surface area contributed by atoms with Gasteiger partial charge >= 0.3 is 0 Å². The summed E-state index contributed by atoms with van der Waals surface area (Å²) in [7, 11) is -3.17. The van der Waals surface area contributed by atoms with Crippen molar-refractivity contribution in [1.29, 1.82) is 0 Å². The molecular formula is C9H12NO2S. The molecule has 0 fully saturated rings. The molecule has 3 nitrogen and oxygen atoms in total. The van der Waals surface area contributed by atoms with Crippen molar-refractivity contribution < 1.29 is 8.42 Å². The van der Waals surface area contributed by atoms with Gasteiger partial charge in [0.25, 0.3) is 0 Å². The van der Waals surface area contributed by atoms with Crippen molar-refractivity contribution in [3.05, 3.63) is 30.3 Å². The molecule has 0 unspecified atom stereocenters. The van der Waals surface area contributed by atoms with E-state index in [1.807, 2.05) is 13.3 Å². The van der Waals surface area contributed by atoms with Gasteiger partial charge in [-0.1, -0.05) is 6.92 Å². The molecule has 0 aromatic carbocycles. The fourth-order valence-corrected chi connectivity index (χ4v) is 1.59. The van der Waals surface area contributed by atoms with Gasteiger partial charge in [0.05, 0.1) is 0 Å². The lowest BCUT2D eigenvalue weighted by Gasteiger charge is -2.00. The van der Waals surface area contributed by atoms with E-state index >= 15 is 0 Å². The molecule has 1 heterocycles. The van der Waals surface area contributed by atoms with Crippen LogP contribution in [0.5, 0.6) is 0 Å². The Labute approximate surface area is 78.7 Å². The number of aromatic nitrogens is 1. The van der Waals surface area contributed by atoms with E-state index < -0.39 is 9.84 Å². The minimum Gasteiger partial charge on any atom is -0.245 e. The first kappa shape index (κ1) is 10.2. The van der Waals surface area contributed by atoms with E-state index in [1.54, 1.807) is 12.1 Å². The molecule has 0 bridgehead atoms. The summed E-state index contributed by atoms with van der Waals surface area (Å²) >= 11 is 0. The van der Waals surface area contributed by atoms with Gasteiger partial charge in [-0.05, 0) is 30.5 Å². The second kappa shape index (κ2) is 3.87. The number of rotatable bonds is 3. The molecule has 0 saturated carbocycles. The van der Waals surface area contributed by atoms with Gasteiger partial charge in [0, 0.05) is 12.5 Å². The van der Waals surface area contributed by atoms with E-state index in [1.165, 1.54) is 6.20 Å². The topological polar surface area (TPSA) is 47.0 Å². The molecule has 1 aromatic heterocycles. The van der Waals surface area contributed by atoms with E-state index in [9.17, 15) is 8.42 Å². The van der Waals surface area contributed by atoms with Gasteiger partial charge in [-0.15, -0.1) is 0 Å². The highest BCUT2D eigenvalue weighted by molar-refractivity contribution is 7.90. The molecule has 0 spiro atoms. The van der Waals surface area contributed by atoms with Gasteiger partial charge in [-0.25, -0.2) is 13.4 Å². The average Bonchev–Trinajstić information content (AvgIpc) is 2.04. The van der Waals surface area contributed by atoms with Crippen LogP contribution < -0.4 is 0 Å². The van der Waals surface area contributed by atoms with Crippen molar-refractivity contribution in [2.24, 2.45) is 0 Å². The number of nitrogens with zero attached hydrogens (tertiary/aromatic N) is 1. The minimum atomic E-state index is -3.17. The highest BCUT2D eigenvalue weighted by atomic mass is 32.2. The van der Waals surface area contributed by atoms with Crippen LogP contribution in [0.4, 0.5) is 0 Å². The summed E-state index contributed by atoms with van der Waals surface area (Å²) in [4.78, 5) is 3.78. The Kier molecular flexibility index (Phi) is 3.03. The maximum Gasteiger partial charge on any atom is 0.192 e. The highest BCUT2D eigenvalue weighted by Gasteiger charge is 2.08. The van der Waals surface area contributed by atoms with Crippen molar-refractivity contribution in [3.63, 3.8) is 0 Å². The first-order valence-corrected chi connectivity index (χ1v) is 5.92. The third-order valence-corrected chi connectivity index (χ3v) is 2.56. The van der Waals surface area contributed by atoms with Gasteiger partial charge < -0.3 is 0 Å². The van der Waals surface area contributed by atoms with Crippen molar-refractivity contribution in [2.45, 2.75) is 18.4 Å². The predicted molar refractivity (Wildman–Crippen MR) is 51.0 cm³/mol. The van der Waals surface area contributed by atoms with E-state index in [4.69, 9.17) is 0 Å². The molecule has 1 aromatic rings. The fourth-order valence-electron chi connectivity index (χ4n) is 0.990. The third kappa shape index (κ3) is 2.81. The van der Waals surface area contributed by atoms with Crippen LogP contribution in [0, 0.1) is 6.42 Å². The number of pyridine rings is 1. The van der Waals surface area contributed by atoms with Crippen molar-refractivity contribution >= 4 is 9.84 Å². The number of hydrogen-bond acceptors (Lipinski definition) is 3. The molecule has 0 aliphatic carbocycles. The summed E-state index contributed by atoms with van der Waals surface area (Å²) in [6.45, 7) is 2.00. The lowest BCUT2D eigenvalue weighted by Crippen LogP contribution is -2.00. The van der Waals surface area contributed by atoms with Crippen LogP contribution in [0.3, 0.4) is 0 Å². The molecule has 4 heteroatoms. The zero-order chi connectivity index (χ0) is 9.90. The standard InChI is InChI=1S/C9H12NO2S/c1-3-4-8-5-6-10-9(7-8)13(2,11)12/h4-7H,3H2,1-2H3. The summed E-state index contributed by atoms with van der Waals surface area (Å²) in [6, 6.07) is 3.37. The molecule has 13 heavy (non-hydrogen) atoms. The predicted octanol–water partition coefficient (Wildman–Crippen LogP) is 1.45. The lowest BCUT2D eigenvalue weighted by atomic mass is 10.2. The van der Waals surface area contributed by atoms with Gasteiger partial charge in [-0.3, -0.25) is 0 Å². The Balaban J connectivity index is 3.06. The van der Waals surface area contributed by atoms with Crippen LogP contribution in [-0.2, 0) is 9.84 Å². The molecule has 0 aliphatic rings. The largest absolute Gasteiger partial charge is 0.245 e. The van der Waals surface area contributed by atoms with Crippen LogP contribution in [0.15, 0.2) is 23.4 Å². The first-order chi connectivity index (χ1) is 6.04. The van der Waals surface area contributed by atoms with E-state index in [0.717, 1.165) is 18.2 Å². The van der Waals surface area contributed by atoms with E-state index in [0.29, 0.717) is 0 Å². The molecule has 0 N–H and O–H groups in total. The van der Waals surface area contributed by atoms with Crippen LogP contribution in [0.25, 0.3) is 0 Å². The summed E-state index contributed by atoms with van der Waals surface area (Å²) in [5.74, 6) is 0. The molecule has 1 radical (unpaired) electrons. The summed E-state index contributed by atoms with van der Waals surface area (Å²) in [5.41, 5.74) is 0.901. The second-order valence-corrected chi connectivity index (χ2v) is 4.77. The van der Waals surface area contributed by atoms with Crippen LogP contribution in [-0.4, -0.2) is 19.7 Å². The van der Waals surface area contributed by atoms with Crippen molar-refractivity contribution in [1.82, 2.24) is 4.98 Å². The second-order valence-electron chi connectivity index (χ2n) is 2.81. The van der Waals surface area contributed by atoms with Gasteiger partial charge in [0.1, 0.15) is 0 Å². The van der Waals surface area contributed by atoms with Gasteiger partial charge in [-0.2, -0.15) is 0 Å². The molecule has 71 valence electrons. The Morgan fingerprint density at radius 1 is 1.54 bits per heavy atom. The normalized spacial score (nSPS) is 11.5. The Hall–Kier alpha value is -0.900. The van der Waals surface area contributed by atoms with Crippen LogP contribution in [0.2, 0.25) is 0 Å². The maximum atomic E-state index is 11.1. The smallest absolute Gasteiger partial charge is 0.192 e. The zero-order valence-electron chi connectivity index (χ0n) is 7.69. The van der Waals surface area contributed by atoms with Gasteiger partial charge in [0.2, 0.25) is 0 Å². The minimum absolute atomic E-state index is 0.134. The Morgan fingerprint density at radius 2 is 2.23 bits per heavy atom. The van der Waals surface area contributed by atoms with Crippen molar-refractivity contribution in [3.8, 4) is 0 Å². The highest BCUT2D eigenvalue weighted by Crippen LogP contribution is 2.10. The number of sulfone groups is 1. The zero-order valence-corrected chi connectivity index (χ0v) is 8.50. The Morgan fingerprint density at radius 3 is 2.77 bits per heavy atom. The first-order valence-electron chi connectivity index (χ1n) is 4.03. The SMILES string of the molecule is CC[CH]c1ccnc(S(C)(=O)=O)c1. The van der Waals surface area contributed by atoms with E-state index in [-0.39, 0.29) is 5.03 Å². The summed E-state index contributed by atoms with van der Waals surface area (Å²) in [6.07, 6.45) is 5.51. The summed E-state index contributed by atoms with van der Waals surface area (Å²) in [5, 5.41) is 0.134. The molecule has 0 aliphatic heterocycles. The van der Waals surface area contributed by atoms with Gasteiger partial charge in [0.15, 0.2) is 14.9 Å². The van der Waals surface area contributed by atoms with E-state index in [2.05, 4.69) is 4.98 Å². The molecule has 1 rings (SSSR count). The molecule has 0 amide bonds. The summed E-state index contributed by atoms with van der Waals surface area (Å²) < 4.78 is 22.2.